The molecule has 136 valence electrons. The Balaban J connectivity index is 1.49. The van der Waals surface area contributed by atoms with Crippen molar-refractivity contribution in [1.82, 2.24) is 9.80 Å². The number of nitrogens with zero attached hydrogens (tertiary/aromatic N) is 2. The van der Waals surface area contributed by atoms with Crippen LogP contribution in [0.15, 0.2) is 24.3 Å². The molecule has 2 aliphatic rings. The minimum Gasteiger partial charge on any atom is -0.342 e. The number of benzene rings is 1. The van der Waals surface area contributed by atoms with Gasteiger partial charge in [0.25, 0.3) is 0 Å². The molecule has 2 amide bonds. The van der Waals surface area contributed by atoms with Crippen molar-refractivity contribution in [2.24, 2.45) is 11.8 Å². The fraction of sp³-hybridized carbons (Fsp3) is 0.600. The Morgan fingerprint density at radius 2 is 1.80 bits per heavy atom. The van der Waals surface area contributed by atoms with Crippen LogP contribution in [0.25, 0.3) is 0 Å². The van der Waals surface area contributed by atoms with Crippen LogP contribution in [0.2, 0.25) is 0 Å². The Morgan fingerprint density at radius 1 is 1.12 bits per heavy atom. The lowest BCUT2D eigenvalue weighted by Gasteiger charge is -2.34. The minimum absolute atomic E-state index is 0.0701. The molecule has 1 aromatic carbocycles. The molecule has 2 fully saturated rings. The molecule has 0 N–H and O–H groups in total. The zero-order chi connectivity index (χ0) is 17.8. The van der Waals surface area contributed by atoms with Gasteiger partial charge in [-0.3, -0.25) is 9.59 Å². The molecule has 0 bridgehead atoms. The first-order valence-corrected chi connectivity index (χ1v) is 9.36. The van der Waals surface area contributed by atoms with Crippen molar-refractivity contribution in [3.63, 3.8) is 0 Å². The van der Waals surface area contributed by atoms with E-state index in [0.717, 1.165) is 44.3 Å². The quantitative estimate of drug-likeness (QED) is 0.841. The fourth-order valence-corrected chi connectivity index (χ4v) is 3.96. The molecule has 1 atom stereocenters. The first kappa shape index (κ1) is 17.9. The zero-order valence-corrected chi connectivity index (χ0v) is 14.9. The molecule has 3 rings (SSSR count). The molecule has 0 aliphatic carbocycles. The monoisotopic (exact) mass is 346 g/mol. The van der Waals surface area contributed by atoms with Crippen LogP contribution in [0.1, 0.15) is 38.2 Å². The van der Waals surface area contributed by atoms with Crippen molar-refractivity contribution in [1.29, 1.82) is 0 Å². The van der Waals surface area contributed by atoms with Crippen LogP contribution in [0.4, 0.5) is 4.39 Å². The summed E-state index contributed by atoms with van der Waals surface area (Å²) in [7, 11) is 0. The van der Waals surface area contributed by atoms with Gasteiger partial charge in [0.2, 0.25) is 11.8 Å². The van der Waals surface area contributed by atoms with E-state index in [1.54, 1.807) is 6.07 Å². The summed E-state index contributed by atoms with van der Waals surface area (Å²) in [6.45, 7) is 4.98. The van der Waals surface area contributed by atoms with Crippen LogP contribution in [0.5, 0.6) is 0 Å². The Hall–Kier alpha value is -1.91. The van der Waals surface area contributed by atoms with Crippen LogP contribution in [0, 0.1) is 17.7 Å². The normalized spacial score (nSPS) is 19.9. The topological polar surface area (TPSA) is 40.6 Å². The second kappa shape index (κ2) is 7.98. The lowest BCUT2D eigenvalue weighted by molar-refractivity contribution is -0.141. The maximum atomic E-state index is 13.3. The first-order valence-electron chi connectivity index (χ1n) is 9.36. The summed E-state index contributed by atoms with van der Waals surface area (Å²) in [4.78, 5) is 29.0. The van der Waals surface area contributed by atoms with Gasteiger partial charge in [0, 0.05) is 38.0 Å². The highest BCUT2D eigenvalue weighted by molar-refractivity contribution is 5.81. The molecule has 25 heavy (non-hydrogen) atoms. The summed E-state index contributed by atoms with van der Waals surface area (Å²) in [5.41, 5.74) is 0.847. The van der Waals surface area contributed by atoms with E-state index in [1.807, 2.05) is 22.8 Å². The summed E-state index contributed by atoms with van der Waals surface area (Å²) in [6, 6.07) is 6.44. The smallest absolute Gasteiger partial charge is 0.225 e. The van der Waals surface area contributed by atoms with E-state index >= 15 is 0 Å². The molecular weight excluding hydrogens is 319 g/mol. The Labute approximate surface area is 149 Å². The largest absolute Gasteiger partial charge is 0.342 e. The van der Waals surface area contributed by atoms with Crippen molar-refractivity contribution in [3.8, 4) is 0 Å². The Kier molecular flexibility index (Phi) is 5.71. The molecule has 0 spiro atoms. The fourth-order valence-electron chi connectivity index (χ4n) is 3.96. The highest BCUT2D eigenvalue weighted by Gasteiger charge is 2.32. The highest BCUT2D eigenvalue weighted by Crippen LogP contribution is 2.23. The van der Waals surface area contributed by atoms with Gasteiger partial charge in [-0.15, -0.1) is 0 Å². The van der Waals surface area contributed by atoms with E-state index in [1.165, 1.54) is 12.1 Å². The van der Waals surface area contributed by atoms with Gasteiger partial charge in [-0.05, 0) is 49.8 Å². The number of piperidine rings is 1. The van der Waals surface area contributed by atoms with Crippen LogP contribution in [-0.2, 0) is 16.0 Å². The number of carbonyl (C=O) groups excluding carboxylic acids is 2. The minimum atomic E-state index is -0.265. The maximum Gasteiger partial charge on any atom is 0.225 e. The van der Waals surface area contributed by atoms with Gasteiger partial charge in [0.1, 0.15) is 5.82 Å². The van der Waals surface area contributed by atoms with Crippen LogP contribution in [-0.4, -0.2) is 47.8 Å². The van der Waals surface area contributed by atoms with Gasteiger partial charge in [-0.1, -0.05) is 19.1 Å². The van der Waals surface area contributed by atoms with Gasteiger partial charge in [-0.2, -0.15) is 0 Å². The van der Waals surface area contributed by atoms with Crippen molar-refractivity contribution < 1.29 is 14.0 Å². The lowest BCUT2D eigenvalue weighted by atomic mass is 9.93. The molecule has 2 heterocycles. The second-order valence-electron chi connectivity index (χ2n) is 7.37. The third-order valence-corrected chi connectivity index (χ3v) is 5.43. The molecule has 0 aromatic heterocycles. The molecule has 0 radical (unpaired) electrons. The molecular formula is C20H27FN2O2. The molecule has 0 saturated carbocycles. The van der Waals surface area contributed by atoms with E-state index in [4.69, 9.17) is 0 Å². The maximum absolute atomic E-state index is 13.3. The molecule has 2 aliphatic heterocycles. The average Bonchev–Trinajstić information content (AvgIpc) is 3.15. The van der Waals surface area contributed by atoms with Crippen molar-refractivity contribution >= 4 is 11.8 Å². The van der Waals surface area contributed by atoms with Gasteiger partial charge in [0.05, 0.1) is 0 Å². The number of hydrogen-bond donors (Lipinski definition) is 0. The van der Waals surface area contributed by atoms with Gasteiger partial charge >= 0.3 is 0 Å². The highest BCUT2D eigenvalue weighted by atomic mass is 19.1. The molecule has 1 aromatic rings. The number of halogens is 1. The predicted octanol–water partition coefficient (Wildman–Crippen LogP) is 2.87. The number of likely N-dealkylation sites (tertiary alicyclic amines) is 2. The van der Waals surface area contributed by atoms with E-state index < -0.39 is 0 Å². The van der Waals surface area contributed by atoms with Gasteiger partial charge in [-0.25, -0.2) is 4.39 Å². The SMILES string of the molecule is CC(Cc1cccc(F)c1)C(=O)N1CCC(C(=O)N2CCCC2)CC1. The molecule has 1 unspecified atom stereocenters. The third kappa shape index (κ3) is 4.39. The average molecular weight is 346 g/mol. The molecule has 4 nitrogen and oxygen atoms in total. The number of carbonyl (C=O) groups is 2. The second-order valence-corrected chi connectivity index (χ2v) is 7.37. The van der Waals surface area contributed by atoms with Crippen LogP contribution >= 0.6 is 0 Å². The van der Waals surface area contributed by atoms with Crippen LogP contribution in [0.3, 0.4) is 0 Å². The van der Waals surface area contributed by atoms with E-state index in [-0.39, 0.29) is 29.5 Å². The zero-order valence-electron chi connectivity index (χ0n) is 14.9. The van der Waals surface area contributed by atoms with Crippen molar-refractivity contribution in [2.45, 2.75) is 39.0 Å². The predicted molar refractivity (Wildman–Crippen MR) is 94.4 cm³/mol. The van der Waals surface area contributed by atoms with Gasteiger partial charge < -0.3 is 9.80 Å². The van der Waals surface area contributed by atoms with Crippen LogP contribution < -0.4 is 0 Å². The van der Waals surface area contributed by atoms with E-state index in [2.05, 4.69) is 0 Å². The van der Waals surface area contributed by atoms with Gasteiger partial charge in [0.15, 0.2) is 0 Å². The van der Waals surface area contributed by atoms with E-state index in [0.29, 0.717) is 19.5 Å². The number of hydrogen-bond acceptors (Lipinski definition) is 2. The lowest BCUT2D eigenvalue weighted by Crippen LogP contribution is -2.45. The summed E-state index contributed by atoms with van der Waals surface area (Å²) in [6.07, 6.45) is 4.28. The van der Waals surface area contributed by atoms with Crippen molar-refractivity contribution in [3.05, 3.63) is 35.6 Å². The van der Waals surface area contributed by atoms with E-state index in [9.17, 15) is 14.0 Å². The third-order valence-electron chi connectivity index (χ3n) is 5.43. The summed E-state index contributed by atoms with van der Waals surface area (Å²) in [5, 5.41) is 0. The first-order chi connectivity index (χ1) is 12.0. The Bertz CT molecular complexity index is 620. The molecule has 5 heteroatoms. The molecule has 2 saturated heterocycles. The number of rotatable bonds is 4. The standard InChI is InChI=1S/C20H27FN2O2/c1-15(13-16-5-4-6-18(21)14-16)19(24)23-11-7-17(8-12-23)20(25)22-9-2-3-10-22/h4-6,14-15,17H,2-3,7-13H2,1H3. The Morgan fingerprint density at radius 3 is 2.44 bits per heavy atom. The summed E-state index contributed by atoms with van der Waals surface area (Å²) < 4.78 is 13.3. The summed E-state index contributed by atoms with van der Waals surface area (Å²) in [5.74, 6) is 0.0143. The summed E-state index contributed by atoms with van der Waals surface area (Å²) >= 11 is 0. The number of amides is 2. The van der Waals surface area contributed by atoms with Crippen molar-refractivity contribution in [2.75, 3.05) is 26.2 Å².